The minimum absolute atomic E-state index is 0.0288. The Morgan fingerprint density at radius 3 is 2.68 bits per heavy atom. The van der Waals surface area contributed by atoms with E-state index in [0.717, 1.165) is 31.9 Å². The Hall–Kier alpha value is -1.75. The van der Waals surface area contributed by atoms with Gasteiger partial charge in [0.15, 0.2) is 0 Å². The van der Waals surface area contributed by atoms with E-state index in [1.807, 2.05) is 29.2 Å². The summed E-state index contributed by atoms with van der Waals surface area (Å²) >= 11 is 0. The lowest BCUT2D eigenvalue weighted by Crippen LogP contribution is -2.35. The van der Waals surface area contributed by atoms with Crippen LogP contribution in [0.3, 0.4) is 0 Å². The SMILES string of the molecule is COc1ccccc1NC(=O)N1C[C@H]2CNC[C@H]2C1. The summed E-state index contributed by atoms with van der Waals surface area (Å²) in [6, 6.07) is 7.45. The maximum atomic E-state index is 12.3. The minimum atomic E-state index is -0.0288. The monoisotopic (exact) mass is 261 g/mol. The molecule has 5 heteroatoms. The van der Waals surface area contributed by atoms with E-state index in [4.69, 9.17) is 4.74 Å². The first-order valence-corrected chi connectivity index (χ1v) is 6.67. The first-order valence-electron chi connectivity index (χ1n) is 6.67. The Kier molecular flexibility index (Phi) is 3.29. The number of nitrogens with one attached hydrogen (secondary N) is 2. The molecule has 1 aromatic rings. The van der Waals surface area contributed by atoms with Gasteiger partial charge in [-0.25, -0.2) is 4.79 Å². The number of nitrogens with zero attached hydrogens (tertiary/aromatic N) is 1. The Morgan fingerprint density at radius 2 is 2.00 bits per heavy atom. The number of amides is 2. The zero-order valence-corrected chi connectivity index (χ0v) is 11.1. The van der Waals surface area contributed by atoms with E-state index in [0.29, 0.717) is 17.6 Å². The topological polar surface area (TPSA) is 53.6 Å². The summed E-state index contributed by atoms with van der Waals surface area (Å²) in [5, 5.41) is 6.31. The Bertz CT molecular complexity index is 466. The standard InChI is InChI=1S/C14H19N3O2/c1-19-13-5-3-2-4-12(13)16-14(18)17-8-10-6-15-7-11(10)9-17/h2-5,10-11,15H,6-9H2,1H3,(H,16,18)/t10-,11+. The fraction of sp³-hybridized carbons (Fsp3) is 0.500. The van der Waals surface area contributed by atoms with E-state index in [1.54, 1.807) is 7.11 Å². The van der Waals surface area contributed by atoms with Crippen LogP contribution in [0.5, 0.6) is 5.75 Å². The first-order chi connectivity index (χ1) is 9.28. The number of ether oxygens (including phenoxy) is 1. The molecule has 2 fully saturated rings. The van der Waals surface area contributed by atoms with Crippen LogP contribution in [0.25, 0.3) is 0 Å². The van der Waals surface area contributed by atoms with E-state index in [9.17, 15) is 4.79 Å². The lowest BCUT2D eigenvalue weighted by atomic mass is 10.0. The van der Waals surface area contributed by atoms with E-state index >= 15 is 0 Å². The predicted molar refractivity (Wildman–Crippen MR) is 73.4 cm³/mol. The molecular formula is C14H19N3O2. The lowest BCUT2D eigenvalue weighted by Gasteiger charge is -2.19. The zero-order chi connectivity index (χ0) is 13.2. The largest absolute Gasteiger partial charge is 0.495 e. The molecule has 0 saturated carbocycles. The molecule has 102 valence electrons. The third-order valence-corrected chi connectivity index (χ3v) is 4.03. The summed E-state index contributed by atoms with van der Waals surface area (Å²) in [7, 11) is 1.61. The number of hydrogen-bond donors (Lipinski definition) is 2. The minimum Gasteiger partial charge on any atom is -0.495 e. The number of methoxy groups -OCH3 is 1. The van der Waals surface area contributed by atoms with Crippen molar-refractivity contribution in [1.29, 1.82) is 0 Å². The van der Waals surface area contributed by atoms with Crippen molar-refractivity contribution in [2.75, 3.05) is 38.6 Å². The van der Waals surface area contributed by atoms with Crippen molar-refractivity contribution in [1.82, 2.24) is 10.2 Å². The summed E-state index contributed by atoms with van der Waals surface area (Å²) in [5.74, 6) is 1.92. The molecule has 2 atom stereocenters. The molecule has 0 bridgehead atoms. The van der Waals surface area contributed by atoms with Crippen LogP contribution < -0.4 is 15.4 Å². The van der Waals surface area contributed by atoms with E-state index < -0.39 is 0 Å². The molecule has 5 nitrogen and oxygen atoms in total. The van der Waals surface area contributed by atoms with Crippen LogP contribution in [0.15, 0.2) is 24.3 Å². The molecule has 2 aliphatic rings. The van der Waals surface area contributed by atoms with Gasteiger partial charge >= 0.3 is 6.03 Å². The quantitative estimate of drug-likeness (QED) is 0.845. The van der Waals surface area contributed by atoms with Crippen LogP contribution in [0, 0.1) is 11.8 Å². The summed E-state index contributed by atoms with van der Waals surface area (Å²) in [5.41, 5.74) is 0.727. The van der Waals surface area contributed by atoms with Gasteiger partial charge in [0, 0.05) is 26.2 Å². The number of hydrogen-bond acceptors (Lipinski definition) is 3. The highest BCUT2D eigenvalue weighted by atomic mass is 16.5. The van der Waals surface area contributed by atoms with Crippen molar-refractivity contribution in [2.45, 2.75) is 0 Å². The van der Waals surface area contributed by atoms with E-state index in [-0.39, 0.29) is 6.03 Å². The fourth-order valence-electron chi connectivity index (χ4n) is 2.96. The molecule has 2 N–H and O–H groups in total. The number of likely N-dealkylation sites (tertiary alicyclic amines) is 1. The molecule has 0 spiro atoms. The molecule has 0 aromatic heterocycles. The van der Waals surface area contributed by atoms with Gasteiger partial charge in [-0.15, -0.1) is 0 Å². The van der Waals surface area contributed by atoms with Gasteiger partial charge in [0.25, 0.3) is 0 Å². The summed E-state index contributed by atoms with van der Waals surface area (Å²) < 4.78 is 5.24. The number of para-hydroxylation sites is 2. The van der Waals surface area contributed by atoms with Gasteiger partial charge in [0.05, 0.1) is 12.8 Å². The molecule has 2 heterocycles. The highest BCUT2D eigenvalue weighted by molar-refractivity contribution is 5.91. The number of anilines is 1. The van der Waals surface area contributed by atoms with Gasteiger partial charge in [-0.05, 0) is 24.0 Å². The highest BCUT2D eigenvalue weighted by Gasteiger charge is 2.38. The van der Waals surface area contributed by atoms with Gasteiger partial charge < -0.3 is 20.3 Å². The molecule has 19 heavy (non-hydrogen) atoms. The Balaban J connectivity index is 1.65. The zero-order valence-electron chi connectivity index (χ0n) is 11.1. The van der Waals surface area contributed by atoms with Gasteiger partial charge in [0.2, 0.25) is 0 Å². The number of carbonyl (C=O) groups excluding carboxylic acids is 1. The molecule has 2 aliphatic heterocycles. The summed E-state index contributed by atoms with van der Waals surface area (Å²) in [6.07, 6.45) is 0. The van der Waals surface area contributed by atoms with E-state index in [1.165, 1.54) is 0 Å². The summed E-state index contributed by atoms with van der Waals surface area (Å²) in [4.78, 5) is 14.2. The third kappa shape index (κ3) is 2.38. The number of benzene rings is 1. The molecular weight excluding hydrogens is 242 g/mol. The van der Waals surface area contributed by atoms with E-state index in [2.05, 4.69) is 10.6 Å². The normalized spacial score (nSPS) is 25.2. The van der Waals surface area contributed by atoms with Crippen LogP contribution in [0.1, 0.15) is 0 Å². The van der Waals surface area contributed by atoms with Crippen LogP contribution in [0.4, 0.5) is 10.5 Å². The van der Waals surface area contributed by atoms with Crippen molar-refractivity contribution in [3.05, 3.63) is 24.3 Å². The van der Waals surface area contributed by atoms with Crippen molar-refractivity contribution in [2.24, 2.45) is 11.8 Å². The van der Waals surface area contributed by atoms with Crippen molar-refractivity contribution >= 4 is 11.7 Å². The average molecular weight is 261 g/mol. The second kappa shape index (κ2) is 5.09. The number of rotatable bonds is 2. The van der Waals surface area contributed by atoms with Gasteiger partial charge in [-0.1, -0.05) is 12.1 Å². The van der Waals surface area contributed by atoms with Gasteiger partial charge in [0.1, 0.15) is 5.75 Å². The smallest absolute Gasteiger partial charge is 0.321 e. The van der Waals surface area contributed by atoms with Crippen molar-refractivity contribution in [3.8, 4) is 5.75 Å². The van der Waals surface area contributed by atoms with Crippen molar-refractivity contribution in [3.63, 3.8) is 0 Å². The average Bonchev–Trinajstić information content (AvgIpc) is 3.00. The molecule has 0 unspecified atom stereocenters. The Labute approximate surface area is 112 Å². The maximum absolute atomic E-state index is 12.3. The van der Waals surface area contributed by atoms with Gasteiger partial charge in [-0.2, -0.15) is 0 Å². The van der Waals surface area contributed by atoms with Crippen LogP contribution in [0.2, 0.25) is 0 Å². The summed E-state index contributed by atoms with van der Waals surface area (Å²) in [6.45, 7) is 3.75. The van der Waals surface area contributed by atoms with Crippen LogP contribution in [-0.4, -0.2) is 44.2 Å². The molecule has 0 aliphatic carbocycles. The van der Waals surface area contributed by atoms with Crippen molar-refractivity contribution < 1.29 is 9.53 Å². The van der Waals surface area contributed by atoms with Crippen LogP contribution >= 0.6 is 0 Å². The Morgan fingerprint density at radius 1 is 1.32 bits per heavy atom. The van der Waals surface area contributed by atoms with Gasteiger partial charge in [-0.3, -0.25) is 0 Å². The number of fused-ring (bicyclic) bond motifs is 1. The van der Waals surface area contributed by atoms with Crippen LogP contribution in [-0.2, 0) is 0 Å². The molecule has 0 radical (unpaired) electrons. The molecule has 3 rings (SSSR count). The first kappa shape index (κ1) is 12.3. The molecule has 2 saturated heterocycles. The highest BCUT2D eigenvalue weighted by Crippen LogP contribution is 2.28. The predicted octanol–water partition coefficient (Wildman–Crippen LogP) is 1.38. The fourth-order valence-corrected chi connectivity index (χ4v) is 2.96. The number of urea groups is 1. The maximum Gasteiger partial charge on any atom is 0.321 e. The second-order valence-electron chi connectivity index (χ2n) is 5.21. The lowest BCUT2D eigenvalue weighted by molar-refractivity contribution is 0.219. The molecule has 1 aromatic carbocycles. The second-order valence-corrected chi connectivity index (χ2v) is 5.21. The molecule has 2 amide bonds. The number of carbonyl (C=O) groups is 1. The third-order valence-electron chi connectivity index (χ3n) is 4.03.